The van der Waals surface area contributed by atoms with Crippen LogP contribution in [0.5, 0.6) is 0 Å². The van der Waals surface area contributed by atoms with Crippen LogP contribution in [0.25, 0.3) is 27.7 Å². The molecule has 0 bridgehead atoms. The van der Waals surface area contributed by atoms with Crippen LogP contribution in [0.3, 0.4) is 0 Å². The van der Waals surface area contributed by atoms with Gasteiger partial charge in [-0.05, 0) is 43.7 Å². The summed E-state index contributed by atoms with van der Waals surface area (Å²) in [7, 11) is 2.02. The summed E-state index contributed by atoms with van der Waals surface area (Å²) in [6.45, 7) is 7.18. The second kappa shape index (κ2) is 8.96. The largest absolute Gasteiger partial charge is 0.389 e. The van der Waals surface area contributed by atoms with Gasteiger partial charge in [0.1, 0.15) is 5.82 Å². The first-order valence-electron chi connectivity index (χ1n) is 12.3. The Morgan fingerprint density at radius 1 is 1.08 bits per heavy atom. The molecule has 6 rings (SSSR count). The molecular weight excluding hydrogens is 452 g/mol. The maximum Gasteiger partial charge on any atom is 0.160 e. The zero-order valence-corrected chi connectivity index (χ0v) is 20.8. The van der Waals surface area contributed by atoms with Gasteiger partial charge in [-0.1, -0.05) is 12.1 Å². The van der Waals surface area contributed by atoms with Gasteiger partial charge in [-0.3, -0.25) is 0 Å². The number of nitrogens with one attached hydrogen (secondary N) is 1. The third kappa shape index (κ3) is 3.88. The van der Waals surface area contributed by atoms with Gasteiger partial charge >= 0.3 is 0 Å². The molecule has 184 valence electrons. The summed E-state index contributed by atoms with van der Waals surface area (Å²) < 4.78 is 9.64. The molecule has 2 N–H and O–H groups in total. The van der Waals surface area contributed by atoms with Crippen LogP contribution < -0.4 is 10.2 Å². The van der Waals surface area contributed by atoms with E-state index in [0.717, 1.165) is 82.4 Å². The molecule has 4 aromatic heterocycles. The van der Waals surface area contributed by atoms with Crippen molar-refractivity contribution >= 4 is 33.7 Å². The molecule has 1 aromatic carbocycles. The lowest BCUT2D eigenvalue weighted by Gasteiger charge is -2.28. The predicted molar refractivity (Wildman–Crippen MR) is 143 cm³/mol. The predicted octanol–water partition coefficient (Wildman–Crippen LogP) is 4.83. The average Bonchev–Trinajstić information content (AvgIpc) is 3.52. The Bertz CT molecular complexity index is 1540. The molecule has 1 aliphatic rings. The van der Waals surface area contributed by atoms with Gasteiger partial charge in [-0.25, -0.2) is 9.97 Å². The molecular formula is C28H30N6O2. The Kier molecular flexibility index (Phi) is 5.62. The van der Waals surface area contributed by atoms with Gasteiger partial charge in [-0.15, -0.1) is 0 Å². The zero-order valence-electron chi connectivity index (χ0n) is 20.8. The quantitative estimate of drug-likeness (QED) is 0.374. The highest BCUT2D eigenvalue weighted by Gasteiger charge is 2.16. The maximum absolute atomic E-state index is 10.2. The number of aromatic nitrogens is 4. The second-order valence-corrected chi connectivity index (χ2v) is 9.41. The summed E-state index contributed by atoms with van der Waals surface area (Å²) in [5.74, 6) is 0.770. The van der Waals surface area contributed by atoms with Crippen molar-refractivity contribution in [2.24, 2.45) is 7.05 Å². The number of hydrogen-bond acceptors (Lipinski definition) is 6. The maximum atomic E-state index is 10.2. The van der Waals surface area contributed by atoms with Crippen molar-refractivity contribution in [1.82, 2.24) is 18.9 Å². The fourth-order valence-electron chi connectivity index (χ4n) is 5.12. The molecule has 1 fully saturated rings. The van der Waals surface area contributed by atoms with Gasteiger partial charge in [0.05, 0.1) is 36.9 Å². The SMILES string of the molecule is Cc1c(-c2ccc3c(C(C)O)cn(C)c3c2)cc(Nc2ccc(N3CCOCC3)cn2)c2nccn12. The van der Waals surface area contributed by atoms with Crippen molar-refractivity contribution in [3.63, 3.8) is 0 Å². The van der Waals surface area contributed by atoms with E-state index in [-0.39, 0.29) is 0 Å². The average molecular weight is 483 g/mol. The number of aryl methyl sites for hydroxylation is 2. The van der Waals surface area contributed by atoms with E-state index in [1.165, 1.54) is 0 Å². The van der Waals surface area contributed by atoms with Crippen molar-refractivity contribution < 1.29 is 9.84 Å². The minimum absolute atomic E-state index is 0.512. The molecule has 5 heterocycles. The van der Waals surface area contributed by atoms with Crippen molar-refractivity contribution in [3.8, 4) is 11.1 Å². The van der Waals surface area contributed by atoms with Crippen LogP contribution in [0.15, 0.2) is 61.2 Å². The summed E-state index contributed by atoms with van der Waals surface area (Å²) in [5.41, 5.74) is 8.19. The number of benzene rings is 1. The van der Waals surface area contributed by atoms with E-state index in [1.54, 1.807) is 6.92 Å². The molecule has 36 heavy (non-hydrogen) atoms. The molecule has 1 saturated heterocycles. The Morgan fingerprint density at radius 3 is 2.67 bits per heavy atom. The van der Waals surface area contributed by atoms with E-state index >= 15 is 0 Å². The summed E-state index contributed by atoms with van der Waals surface area (Å²) >= 11 is 0. The van der Waals surface area contributed by atoms with Gasteiger partial charge in [-0.2, -0.15) is 0 Å². The minimum atomic E-state index is -0.512. The van der Waals surface area contributed by atoms with Gasteiger partial charge in [0.15, 0.2) is 5.65 Å². The number of anilines is 3. The number of nitrogens with zero attached hydrogens (tertiary/aromatic N) is 5. The van der Waals surface area contributed by atoms with Crippen LogP contribution in [-0.4, -0.2) is 50.3 Å². The van der Waals surface area contributed by atoms with Crippen LogP contribution >= 0.6 is 0 Å². The summed E-state index contributed by atoms with van der Waals surface area (Å²) in [6.07, 6.45) is 7.21. The number of aliphatic hydroxyl groups excluding tert-OH is 1. The molecule has 1 aliphatic heterocycles. The lowest BCUT2D eigenvalue weighted by atomic mass is 10.0. The number of imidazole rings is 1. The fourth-order valence-corrected chi connectivity index (χ4v) is 5.12. The molecule has 1 unspecified atom stereocenters. The topological polar surface area (TPSA) is 79.8 Å². The number of morpholine rings is 1. The molecule has 0 spiro atoms. The molecule has 0 amide bonds. The van der Waals surface area contributed by atoms with Gasteiger partial charge < -0.3 is 29.0 Å². The van der Waals surface area contributed by atoms with Crippen LogP contribution in [0.4, 0.5) is 17.2 Å². The zero-order chi connectivity index (χ0) is 24.8. The smallest absolute Gasteiger partial charge is 0.160 e. The molecule has 1 atom stereocenters. The first-order chi connectivity index (χ1) is 17.5. The van der Waals surface area contributed by atoms with Crippen LogP contribution in [0.1, 0.15) is 24.3 Å². The lowest BCUT2D eigenvalue weighted by molar-refractivity contribution is 0.122. The van der Waals surface area contributed by atoms with Crippen LogP contribution in [0, 0.1) is 6.92 Å². The van der Waals surface area contributed by atoms with Crippen molar-refractivity contribution in [2.45, 2.75) is 20.0 Å². The number of ether oxygens (including phenoxy) is 1. The van der Waals surface area contributed by atoms with Crippen molar-refractivity contribution in [2.75, 3.05) is 36.5 Å². The Balaban J connectivity index is 1.38. The van der Waals surface area contributed by atoms with Crippen LogP contribution in [-0.2, 0) is 11.8 Å². The molecule has 0 saturated carbocycles. The standard InChI is InChI=1S/C28H30N6O2/c1-18-23(20-4-6-22-24(19(2)35)17-32(3)26(22)14-20)15-25(28-29-8-9-34(18)28)31-27-7-5-21(16-30-27)33-10-12-36-13-11-33/h4-9,14-17,19,35H,10-13H2,1-3H3,(H,30,31). The third-order valence-electron chi connectivity index (χ3n) is 7.09. The number of fused-ring (bicyclic) bond motifs is 2. The second-order valence-electron chi connectivity index (χ2n) is 9.41. The highest BCUT2D eigenvalue weighted by Crippen LogP contribution is 2.34. The van der Waals surface area contributed by atoms with E-state index in [4.69, 9.17) is 4.74 Å². The van der Waals surface area contributed by atoms with E-state index in [2.05, 4.69) is 66.4 Å². The molecule has 8 nitrogen and oxygen atoms in total. The third-order valence-corrected chi connectivity index (χ3v) is 7.09. The normalized spacial score (nSPS) is 15.1. The first kappa shape index (κ1) is 22.6. The summed E-state index contributed by atoms with van der Waals surface area (Å²) in [4.78, 5) is 11.6. The summed E-state index contributed by atoms with van der Waals surface area (Å²) in [6, 6.07) is 12.7. The van der Waals surface area contributed by atoms with Gasteiger partial charge in [0.2, 0.25) is 0 Å². The minimum Gasteiger partial charge on any atom is -0.389 e. The first-order valence-corrected chi connectivity index (χ1v) is 12.3. The lowest BCUT2D eigenvalue weighted by Crippen LogP contribution is -2.36. The highest BCUT2D eigenvalue weighted by molar-refractivity contribution is 5.90. The molecule has 0 radical (unpaired) electrons. The highest BCUT2D eigenvalue weighted by atomic mass is 16.5. The van der Waals surface area contributed by atoms with Crippen LogP contribution in [0.2, 0.25) is 0 Å². The molecule has 8 heteroatoms. The van der Waals surface area contributed by atoms with E-state index < -0.39 is 6.10 Å². The van der Waals surface area contributed by atoms with E-state index in [1.807, 2.05) is 37.9 Å². The fraction of sp³-hybridized carbons (Fsp3) is 0.286. The Labute approximate surface area is 209 Å². The molecule has 5 aromatic rings. The van der Waals surface area contributed by atoms with E-state index in [9.17, 15) is 5.11 Å². The van der Waals surface area contributed by atoms with Crippen molar-refractivity contribution in [1.29, 1.82) is 0 Å². The molecule has 0 aliphatic carbocycles. The van der Waals surface area contributed by atoms with Crippen molar-refractivity contribution in [3.05, 3.63) is 72.4 Å². The van der Waals surface area contributed by atoms with Gasteiger partial charge in [0, 0.05) is 66.5 Å². The number of hydrogen-bond donors (Lipinski definition) is 2. The Hall–Kier alpha value is -3.88. The Morgan fingerprint density at radius 2 is 1.92 bits per heavy atom. The number of aliphatic hydroxyl groups is 1. The summed E-state index contributed by atoms with van der Waals surface area (Å²) in [5, 5.41) is 14.7. The number of pyridine rings is 2. The number of rotatable bonds is 5. The van der Waals surface area contributed by atoms with E-state index in [0.29, 0.717) is 0 Å². The monoisotopic (exact) mass is 482 g/mol. The van der Waals surface area contributed by atoms with Gasteiger partial charge in [0.25, 0.3) is 0 Å².